The van der Waals surface area contributed by atoms with Crippen molar-refractivity contribution in [1.82, 2.24) is 10.4 Å². The molecule has 32 heavy (non-hydrogen) atoms. The van der Waals surface area contributed by atoms with Gasteiger partial charge in [0.05, 0.1) is 17.7 Å². The third-order valence-corrected chi connectivity index (χ3v) is 6.17. The summed E-state index contributed by atoms with van der Waals surface area (Å²) in [5.74, 6) is 0.167. The standard InChI is InChI=1S/C25H24IN3O3/c1-2-3-16-32-18-14-12-17(13-15-18)23-27-22-11-7-5-9-20(22)25(31)29(23)28-24(30)19-8-4-6-10-21(19)26/h4-15,23,27H,2-3,16H2,1H3,(H,28,30). The van der Waals surface area contributed by atoms with Gasteiger partial charge in [0, 0.05) is 9.26 Å². The van der Waals surface area contributed by atoms with Crippen LogP contribution < -0.4 is 15.5 Å². The largest absolute Gasteiger partial charge is 0.494 e. The van der Waals surface area contributed by atoms with Gasteiger partial charge in [0.25, 0.3) is 11.8 Å². The van der Waals surface area contributed by atoms with Gasteiger partial charge in [0.1, 0.15) is 11.9 Å². The van der Waals surface area contributed by atoms with E-state index in [0.717, 1.165) is 33.4 Å². The Morgan fingerprint density at radius 3 is 2.53 bits per heavy atom. The molecule has 1 aliphatic heterocycles. The molecular formula is C25H24IN3O3. The van der Waals surface area contributed by atoms with Crippen LogP contribution in [0, 0.1) is 3.57 Å². The number of hydrogen-bond donors (Lipinski definition) is 2. The van der Waals surface area contributed by atoms with Gasteiger partial charge in [-0.15, -0.1) is 0 Å². The fourth-order valence-electron chi connectivity index (χ4n) is 3.50. The van der Waals surface area contributed by atoms with Crippen LogP contribution in [0.15, 0.2) is 72.8 Å². The number of nitrogens with one attached hydrogen (secondary N) is 2. The summed E-state index contributed by atoms with van der Waals surface area (Å²) >= 11 is 2.12. The molecule has 1 aliphatic rings. The molecule has 0 bridgehead atoms. The van der Waals surface area contributed by atoms with Crippen molar-refractivity contribution in [3.63, 3.8) is 0 Å². The van der Waals surface area contributed by atoms with Crippen LogP contribution >= 0.6 is 22.6 Å². The quantitative estimate of drug-likeness (QED) is 0.311. The van der Waals surface area contributed by atoms with E-state index in [1.54, 1.807) is 24.3 Å². The number of rotatable bonds is 7. The van der Waals surface area contributed by atoms with Crippen molar-refractivity contribution >= 4 is 40.1 Å². The molecule has 4 rings (SSSR count). The van der Waals surface area contributed by atoms with E-state index in [1.165, 1.54) is 5.01 Å². The Labute approximate surface area is 201 Å². The summed E-state index contributed by atoms with van der Waals surface area (Å²) < 4.78 is 6.57. The maximum atomic E-state index is 13.3. The Bertz CT molecular complexity index is 1120. The summed E-state index contributed by atoms with van der Waals surface area (Å²) in [7, 11) is 0. The van der Waals surface area contributed by atoms with Crippen LogP contribution in [-0.2, 0) is 0 Å². The van der Waals surface area contributed by atoms with Crippen molar-refractivity contribution in [3.05, 3.63) is 93.1 Å². The normalized spacial score (nSPS) is 15.0. The highest BCUT2D eigenvalue weighted by Gasteiger charge is 2.34. The fraction of sp³-hybridized carbons (Fsp3) is 0.200. The van der Waals surface area contributed by atoms with E-state index in [1.807, 2.05) is 48.5 Å². The third-order valence-electron chi connectivity index (χ3n) is 5.23. The lowest BCUT2D eigenvalue weighted by atomic mass is 10.0. The van der Waals surface area contributed by atoms with Crippen LogP contribution in [0.4, 0.5) is 5.69 Å². The molecule has 7 heteroatoms. The second kappa shape index (κ2) is 10.0. The number of anilines is 1. The van der Waals surface area contributed by atoms with Crippen LogP contribution in [0.5, 0.6) is 5.75 Å². The number of carbonyl (C=O) groups excluding carboxylic acids is 2. The summed E-state index contributed by atoms with van der Waals surface area (Å²) in [5.41, 5.74) is 5.40. The van der Waals surface area contributed by atoms with Gasteiger partial charge in [-0.1, -0.05) is 49.7 Å². The van der Waals surface area contributed by atoms with E-state index in [-0.39, 0.29) is 11.8 Å². The lowest BCUT2D eigenvalue weighted by Crippen LogP contribution is -2.53. The molecule has 3 aromatic rings. The van der Waals surface area contributed by atoms with Gasteiger partial charge >= 0.3 is 0 Å². The predicted molar refractivity (Wildman–Crippen MR) is 132 cm³/mol. The first-order valence-electron chi connectivity index (χ1n) is 10.6. The molecule has 0 fully saturated rings. The van der Waals surface area contributed by atoms with E-state index in [4.69, 9.17) is 4.74 Å². The molecule has 0 saturated carbocycles. The summed E-state index contributed by atoms with van der Waals surface area (Å²) in [6.07, 6.45) is 1.50. The molecule has 0 saturated heterocycles. The Balaban J connectivity index is 1.63. The van der Waals surface area contributed by atoms with Gasteiger partial charge in [0.15, 0.2) is 0 Å². The van der Waals surface area contributed by atoms with Crippen LogP contribution in [0.1, 0.15) is 52.2 Å². The highest BCUT2D eigenvalue weighted by Crippen LogP contribution is 2.32. The van der Waals surface area contributed by atoms with Crippen LogP contribution in [0.25, 0.3) is 0 Å². The number of amides is 2. The van der Waals surface area contributed by atoms with Crippen molar-refractivity contribution in [1.29, 1.82) is 0 Å². The number of para-hydroxylation sites is 1. The molecule has 1 unspecified atom stereocenters. The zero-order valence-corrected chi connectivity index (χ0v) is 19.8. The molecule has 0 spiro atoms. The number of nitrogens with zero attached hydrogens (tertiary/aromatic N) is 1. The van der Waals surface area contributed by atoms with E-state index < -0.39 is 6.17 Å². The average Bonchev–Trinajstić information content (AvgIpc) is 2.82. The second-order valence-electron chi connectivity index (χ2n) is 7.46. The number of ether oxygens (including phenoxy) is 1. The molecule has 2 N–H and O–H groups in total. The van der Waals surface area contributed by atoms with E-state index in [9.17, 15) is 9.59 Å². The molecule has 164 valence electrons. The van der Waals surface area contributed by atoms with Gasteiger partial charge in [-0.2, -0.15) is 0 Å². The SMILES string of the molecule is CCCCOc1ccc(C2Nc3ccccc3C(=O)N2NC(=O)c2ccccc2I)cc1. The molecule has 2 amide bonds. The van der Waals surface area contributed by atoms with Crippen molar-refractivity contribution in [2.45, 2.75) is 25.9 Å². The highest BCUT2D eigenvalue weighted by molar-refractivity contribution is 14.1. The zero-order chi connectivity index (χ0) is 22.5. The number of hydrazine groups is 1. The summed E-state index contributed by atoms with van der Waals surface area (Å²) in [4.78, 5) is 26.3. The Hall–Kier alpha value is -3.07. The average molecular weight is 541 g/mol. The van der Waals surface area contributed by atoms with Gasteiger partial charge in [-0.05, 0) is 71.0 Å². The topological polar surface area (TPSA) is 70.7 Å². The predicted octanol–water partition coefficient (Wildman–Crippen LogP) is 5.38. The molecule has 0 aliphatic carbocycles. The minimum Gasteiger partial charge on any atom is -0.494 e. The number of benzene rings is 3. The summed E-state index contributed by atoms with van der Waals surface area (Å²) in [6, 6.07) is 22.2. The smallest absolute Gasteiger partial charge is 0.276 e. The Kier molecular flexibility index (Phi) is 6.94. The molecule has 1 heterocycles. The number of hydrogen-bond acceptors (Lipinski definition) is 4. The molecule has 6 nitrogen and oxygen atoms in total. The Morgan fingerprint density at radius 2 is 1.78 bits per heavy atom. The fourth-order valence-corrected chi connectivity index (χ4v) is 4.13. The van der Waals surface area contributed by atoms with Crippen LogP contribution in [-0.4, -0.2) is 23.4 Å². The maximum Gasteiger partial charge on any atom is 0.276 e. The van der Waals surface area contributed by atoms with Crippen molar-refractivity contribution in [2.75, 3.05) is 11.9 Å². The molecule has 3 aromatic carbocycles. The number of fused-ring (bicyclic) bond motifs is 1. The number of unbranched alkanes of at least 4 members (excludes halogenated alkanes) is 1. The van der Waals surface area contributed by atoms with Crippen molar-refractivity contribution < 1.29 is 14.3 Å². The third kappa shape index (κ3) is 4.72. The molecular weight excluding hydrogens is 517 g/mol. The molecule has 0 radical (unpaired) electrons. The molecule has 0 aromatic heterocycles. The number of halogens is 1. The maximum absolute atomic E-state index is 13.3. The first-order chi connectivity index (χ1) is 15.6. The monoisotopic (exact) mass is 541 g/mol. The second-order valence-corrected chi connectivity index (χ2v) is 8.62. The highest BCUT2D eigenvalue weighted by atomic mass is 127. The first kappa shape index (κ1) is 22.1. The minimum absolute atomic E-state index is 0.271. The van der Waals surface area contributed by atoms with Crippen molar-refractivity contribution in [2.24, 2.45) is 0 Å². The number of carbonyl (C=O) groups is 2. The summed E-state index contributed by atoms with van der Waals surface area (Å²) in [5, 5.41) is 4.75. The van der Waals surface area contributed by atoms with Gasteiger partial charge in [-0.25, -0.2) is 5.01 Å². The zero-order valence-electron chi connectivity index (χ0n) is 17.7. The summed E-state index contributed by atoms with van der Waals surface area (Å²) in [6.45, 7) is 2.79. The Morgan fingerprint density at radius 1 is 1.06 bits per heavy atom. The van der Waals surface area contributed by atoms with Gasteiger partial charge < -0.3 is 10.1 Å². The first-order valence-corrected chi connectivity index (χ1v) is 11.6. The van der Waals surface area contributed by atoms with Crippen LogP contribution in [0.2, 0.25) is 0 Å². The van der Waals surface area contributed by atoms with E-state index in [2.05, 4.69) is 40.3 Å². The lowest BCUT2D eigenvalue weighted by molar-refractivity contribution is 0.0490. The van der Waals surface area contributed by atoms with Crippen LogP contribution in [0.3, 0.4) is 0 Å². The van der Waals surface area contributed by atoms with Crippen molar-refractivity contribution in [3.8, 4) is 5.75 Å². The van der Waals surface area contributed by atoms with Gasteiger partial charge in [-0.3, -0.25) is 15.0 Å². The lowest BCUT2D eigenvalue weighted by Gasteiger charge is -2.37. The molecule has 1 atom stereocenters. The van der Waals surface area contributed by atoms with Gasteiger partial charge in [0.2, 0.25) is 0 Å². The van der Waals surface area contributed by atoms with E-state index >= 15 is 0 Å². The van der Waals surface area contributed by atoms with E-state index in [0.29, 0.717) is 17.7 Å². The minimum atomic E-state index is -0.563.